The summed E-state index contributed by atoms with van der Waals surface area (Å²) in [6, 6.07) is 26.9. The summed E-state index contributed by atoms with van der Waals surface area (Å²) in [5.41, 5.74) is 3.35. The lowest BCUT2D eigenvalue weighted by atomic mass is 10.1. The van der Waals surface area contributed by atoms with E-state index in [4.69, 9.17) is 0 Å². The molecule has 136 valence electrons. The molecule has 0 spiro atoms. The van der Waals surface area contributed by atoms with Crippen LogP contribution in [0.5, 0.6) is 0 Å². The molecule has 0 saturated carbocycles. The van der Waals surface area contributed by atoms with Gasteiger partial charge in [-0.25, -0.2) is 0 Å². The van der Waals surface area contributed by atoms with Gasteiger partial charge in [0.05, 0.1) is 0 Å². The topological polar surface area (TPSA) is 46.2 Å². The summed E-state index contributed by atoms with van der Waals surface area (Å²) in [5, 5.41) is 2.62. The third-order valence-corrected chi connectivity index (χ3v) is 5.46. The normalized spacial score (nSPS) is 11.6. The smallest absolute Gasteiger partial charge is 0.242 e. The summed E-state index contributed by atoms with van der Waals surface area (Å²) in [6.45, 7) is 1.52. The van der Waals surface area contributed by atoms with Crippen molar-refractivity contribution in [3.8, 4) is 0 Å². The lowest BCUT2D eigenvalue weighted by Gasteiger charge is -2.17. The second kappa shape index (κ2) is 9.19. The molecule has 0 aliphatic heterocycles. The van der Waals surface area contributed by atoms with Gasteiger partial charge in [0.25, 0.3) is 0 Å². The van der Waals surface area contributed by atoms with Crippen molar-refractivity contribution in [1.82, 2.24) is 0 Å². The Morgan fingerprint density at radius 2 is 1.56 bits per heavy atom. The zero-order valence-corrected chi connectivity index (χ0v) is 15.9. The van der Waals surface area contributed by atoms with Gasteiger partial charge in [-0.15, -0.1) is 11.8 Å². The summed E-state index contributed by atoms with van der Waals surface area (Å²) in [4.78, 5) is 24.6. The van der Waals surface area contributed by atoms with E-state index in [-0.39, 0.29) is 16.9 Å². The predicted octanol–water partition coefficient (Wildman–Crippen LogP) is 5.50. The first-order valence-electron chi connectivity index (χ1n) is 8.76. The van der Waals surface area contributed by atoms with Gasteiger partial charge < -0.3 is 5.32 Å². The molecule has 0 radical (unpaired) electrons. The molecule has 0 bridgehead atoms. The molecule has 1 amide bonds. The summed E-state index contributed by atoms with van der Waals surface area (Å²) in [6.07, 6.45) is 0. The Labute approximate surface area is 163 Å². The molecule has 27 heavy (non-hydrogen) atoms. The summed E-state index contributed by atoms with van der Waals surface area (Å²) in [5.74, 6) is 0.619. The second-order valence-electron chi connectivity index (χ2n) is 6.21. The number of thioether (sulfide) groups is 1. The van der Waals surface area contributed by atoms with E-state index in [9.17, 15) is 9.59 Å². The molecule has 0 aromatic heterocycles. The average Bonchev–Trinajstić information content (AvgIpc) is 2.70. The number of anilines is 1. The number of hydrogen-bond donors (Lipinski definition) is 1. The molecule has 3 rings (SSSR count). The quantitative estimate of drug-likeness (QED) is 0.555. The van der Waals surface area contributed by atoms with Gasteiger partial charge in [-0.05, 0) is 30.2 Å². The highest BCUT2D eigenvalue weighted by molar-refractivity contribution is 7.99. The fourth-order valence-electron chi connectivity index (χ4n) is 2.73. The fourth-order valence-corrected chi connectivity index (χ4v) is 3.84. The Kier molecular flexibility index (Phi) is 6.44. The van der Waals surface area contributed by atoms with E-state index in [0.29, 0.717) is 11.3 Å². The zero-order valence-electron chi connectivity index (χ0n) is 15.1. The number of carbonyl (C=O) groups excluding carboxylic acids is 2. The van der Waals surface area contributed by atoms with Crippen molar-refractivity contribution in [2.75, 3.05) is 5.32 Å². The number of nitrogens with one attached hydrogen (secondary N) is 1. The van der Waals surface area contributed by atoms with E-state index in [0.717, 1.165) is 11.3 Å². The zero-order chi connectivity index (χ0) is 19.1. The second-order valence-corrected chi connectivity index (χ2v) is 7.31. The lowest BCUT2D eigenvalue weighted by molar-refractivity contribution is -0.115. The average molecular weight is 375 g/mol. The highest BCUT2D eigenvalue weighted by atomic mass is 32.2. The van der Waals surface area contributed by atoms with E-state index >= 15 is 0 Å². The van der Waals surface area contributed by atoms with E-state index in [1.54, 1.807) is 36.0 Å². The SMILES string of the molecule is CC(=O)c1cccc(NC(=O)[C@@H](SCc2ccccc2)c2ccccc2)c1. The van der Waals surface area contributed by atoms with Crippen LogP contribution in [0.1, 0.15) is 33.7 Å². The van der Waals surface area contributed by atoms with Gasteiger partial charge in [0.1, 0.15) is 5.25 Å². The molecule has 3 nitrogen and oxygen atoms in total. The van der Waals surface area contributed by atoms with Crippen LogP contribution in [0.3, 0.4) is 0 Å². The van der Waals surface area contributed by atoms with Crippen LogP contribution in [0.2, 0.25) is 0 Å². The Bertz CT molecular complexity index is 910. The molecule has 1 N–H and O–H groups in total. The standard InChI is InChI=1S/C23H21NO2S/c1-17(25)20-13-8-14-21(15-20)24-23(26)22(19-11-6-3-7-12-19)27-16-18-9-4-2-5-10-18/h2-15,22H,16H2,1H3,(H,24,26)/t22-/m0/s1. The van der Waals surface area contributed by atoms with Gasteiger partial charge in [0.2, 0.25) is 5.91 Å². The monoisotopic (exact) mass is 375 g/mol. The van der Waals surface area contributed by atoms with E-state index in [2.05, 4.69) is 17.4 Å². The molecular weight excluding hydrogens is 354 g/mol. The van der Waals surface area contributed by atoms with Crippen LogP contribution < -0.4 is 5.32 Å². The number of amides is 1. The van der Waals surface area contributed by atoms with Crippen molar-refractivity contribution in [3.05, 3.63) is 102 Å². The van der Waals surface area contributed by atoms with Gasteiger partial charge in [-0.2, -0.15) is 0 Å². The van der Waals surface area contributed by atoms with Crippen molar-refractivity contribution in [3.63, 3.8) is 0 Å². The van der Waals surface area contributed by atoms with Gasteiger partial charge >= 0.3 is 0 Å². The number of carbonyl (C=O) groups is 2. The molecule has 3 aromatic rings. The number of hydrogen-bond acceptors (Lipinski definition) is 3. The number of ketones is 1. The number of Topliss-reactive ketones (excluding diaryl/α,β-unsaturated/α-hetero) is 1. The predicted molar refractivity (Wildman–Crippen MR) is 112 cm³/mol. The minimum atomic E-state index is -0.340. The maximum absolute atomic E-state index is 13.0. The molecule has 0 aliphatic rings. The van der Waals surface area contributed by atoms with Gasteiger partial charge in [-0.1, -0.05) is 72.8 Å². The van der Waals surface area contributed by atoms with Gasteiger partial charge in [0.15, 0.2) is 5.78 Å². The molecule has 3 aromatic carbocycles. The minimum Gasteiger partial charge on any atom is -0.325 e. The van der Waals surface area contributed by atoms with Crippen LogP contribution in [0.25, 0.3) is 0 Å². The van der Waals surface area contributed by atoms with Crippen molar-refractivity contribution < 1.29 is 9.59 Å². The van der Waals surface area contributed by atoms with Crippen LogP contribution in [-0.4, -0.2) is 11.7 Å². The molecule has 4 heteroatoms. The van der Waals surface area contributed by atoms with Crippen molar-refractivity contribution in [1.29, 1.82) is 0 Å². The number of benzene rings is 3. The highest BCUT2D eigenvalue weighted by Gasteiger charge is 2.21. The maximum Gasteiger partial charge on any atom is 0.242 e. The van der Waals surface area contributed by atoms with E-state index in [1.807, 2.05) is 48.5 Å². The minimum absolute atomic E-state index is 0.0239. The van der Waals surface area contributed by atoms with Gasteiger partial charge in [0, 0.05) is 17.0 Å². The van der Waals surface area contributed by atoms with Crippen LogP contribution in [0, 0.1) is 0 Å². The first-order valence-corrected chi connectivity index (χ1v) is 9.81. The Morgan fingerprint density at radius 1 is 0.889 bits per heavy atom. The van der Waals surface area contributed by atoms with E-state index in [1.165, 1.54) is 12.5 Å². The largest absolute Gasteiger partial charge is 0.325 e. The Hall–Kier alpha value is -2.85. The third-order valence-electron chi connectivity index (χ3n) is 4.14. The third kappa shape index (κ3) is 5.31. The summed E-state index contributed by atoms with van der Waals surface area (Å²) in [7, 11) is 0. The Balaban J connectivity index is 1.78. The Morgan fingerprint density at radius 3 is 2.22 bits per heavy atom. The van der Waals surface area contributed by atoms with Crippen LogP contribution in [0.4, 0.5) is 5.69 Å². The molecule has 0 unspecified atom stereocenters. The van der Waals surface area contributed by atoms with Crippen LogP contribution in [0.15, 0.2) is 84.9 Å². The molecule has 0 saturated heterocycles. The molecule has 0 fully saturated rings. The van der Waals surface area contributed by atoms with E-state index < -0.39 is 0 Å². The first kappa shape index (κ1) is 18.9. The van der Waals surface area contributed by atoms with Crippen molar-refractivity contribution >= 4 is 29.1 Å². The highest BCUT2D eigenvalue weighted by Crippen LogP contribution is 2.33. The first-order chi connectivity index (χ1) is 13.1. The maximum atomic E-state index is 13.0. The molecule has 0 aliphatic carbocycles. The summed E-state index contributed by atoms with van der Waals surface area (Å²) < 4.78 is 0. The summed E-state index contributed by atoms with van der Waals surface area (Å²) >= 11 is 1.59. The van der Waals surface area contributed by atoms with Crippen LogP contribution >= 0.6 is 11.8 Å². The molecule has 0 heterocycles. The number of rotatable bonds is 7. The fraction of sp³-hybridized carbons (Fsp3) is 0.130. The van der Waals surface area contributed by atoms with Crippen molar-refractivity contribution in [2.24, 2.45) is 0 Å². The molecular formula is C23H21NO2S. The molecule has 1 atom stereocenters. The van der Waals surface area contributed by atoms with Gasteiger partial charge in [-0.3, -0.25) is 9.59 Å². The van der Waals surface area contributed by atoms with Crippen molar-refractivity contribution in [2.45, 2.75) is 17.9 Å². The van der Waals surface area contributed by atoms with Crippen LogP contribution in [-0.2, 0) is 10.5 Å². The lowest BCUT2D eigenvalue weighted by Crippen LogP contribution is -2.19.